The summed E-state index contributed by atoms with van der Waals surface area (Å²) in [5, 5.41) is 3.13. The summed E-state index contributed by atoms with van der Waals surface area (Å²) in [4.78, 5) is 14.3. The van der Waals surface area contributed by atoms with Crippen LogP contribution in [0.15, 0.2) is 55.1 Å². The molecule has 0 aliphatic carbocycles. The summed E-state index contributed by atoms with van der Waals surface area (Å²) in [6.45, 7) is 4.80. The van der Waals surface area contributed by atoms with E-state index in [0.717, 1.165) is 28.1 Å². The third kappa shape index (κ3) is 1.84. The van der Waals surface area contributed by atoms with Crippen LogP contribution < -0.4 is 10.2 Å². The Morgan fingerprint density at radius 3 is 2.40 bits per heavy atom. The molecule has 2 aromatic rings. The molecule has 0 fully saturated rings. The molecule has 2 aromatic carbocycles. The van der Waals surface area contributed by atoms with Crippen molar-refractivity contribution in [2.24, 2.45) is 0 Å². The lowest BCUT2D eigenvalue weighted by Crippen LogP contribution is -2.24. The number of hydrogen-bond acceptors (Lipinski definition) is 2. The van der Waals surface area contributed by atoms with E-state index in [1.807, 2.05) is 55.6 Å². The quantitative estimate of drug-likeness (QED) is 0.924. The van der Waals surface area contributed by atoms with Gasteiger partial charge < -0.3 is 5.32 Å². The zero-order chi connectivity index (χ0) is 14.1. The lowest BCUT2D eigenvalue weighted by molar-refractivity contribution is 0.101. The molecular formula is C17H16N2O. The van der Waals surface area contributed by atoms with Gasteiger partial charge in [0.2, 0.25) is 0 Å². The molecule has 0 saturated heterocycles. The molecule has 0 saturated carbocycles. The second-order valence-electron chi connectivity index (χ2n) is 4.79. The summed E-state index contributed by atoms with van der Waals surface area (Å²) < 4.78 is 0. The number of carbonyl (C=O) groups excluding carboxylic acids is 1. The van der Waals surface area contributed by atoms with Crippen LogP contribution in [0.2, 0.25) is 0 Å². The van der Waals surface area contributed by atoms with Crippen LogP contribution in [0.5, 0.6) is 0 Å². The third-order valence-electron chi connectivity index (χ3n) is 3.54. The Kier molecular flexibility index (Phi) is 3.12. The average molecular weight is 264 g/mol. The fourth-order valence-electron chi connectivity index (χ4n) is 2.61. The van der Waals surface area contributed by atoms with Crippen molar-refractivity contribution in [2.75, 3.05) is 11.9 Å². The highest BCUT2D eigenvalue weighted by Gasteiger charge is 2.32. The number of para-hydroxylation sites is 1. The molecule has 0 unspecified atom stereocenters. The molecule has 1 N–H and O–H groups in total. The predicted molar refractivity (Wildman–Crippen MR) is 81.5 cm³/mol. The molecule has 1 amide bonds. The Morgan fingerprint density at radius 1 is 1.05 bits per heavy atom. The van der Waals surface area contributed by atoms with E-state index in [0.29, 0.717) is 6.54 Å². The average Bonchev–Trinajstić information content (AvgIpc) is 2.73. The Labute approximate surface area is 118 Å². The van der Waals surface area contributed by atoms with Gasteiger partial charge in [-0.05, 0) is 24.7 Å². The Bertz CT molecular complexity index is 656. The van der Waals surface area contributed by atoms with Crippen molar-refractivity contribution in [2.45, 2.75) is 6.54 Å². The molecule has 3 rings (SSSR count). The van der Waals surface area contributed by atoms with Gasteiger partial charge in [0, 0.05) is 17.7 Å². The summed E-state index contributed by atoms with van der Waals surface area (Å²) in [7, 11) is 1.89. The highest BCUT2D eigenvalue weighted by molar-refractivity contribution is 6.22. The van der Waals surface area contributed by atoms with E-state index in [4.69, 9.17) is 0 Å². The van der Waals surface area contributed by atoms with E-state index in [2.05, 4.69) is 11.9 Å². The standard InChI is InChI=1S/C17H16N2O/c1-12-14-8-4-5-9-15(14)17(20)19(12)16-10-6-3-7-13(16)11-18-2/h3-10,18H,1,11H2,2H3. The Hall–Kier alpha value is -2.39. The van der Waals surface area contributed by atoms with Gasteiger partial charge in [0.1, 0.15) is 0 Å². The van der Waals surface area contributed by atoms with Gasteiger partial charge in [0.25, 0.3) is 5.91 Å². The van der Waals surface area contributed by atoms with Gasteiger partial charge in [-0.3, -0.25) is 9.69 Å². The van der Waals surface area contributed by atoms with Crippen molar-refractivity contribution in [1.29, 1.82) is 0 Å². The van der Waals surface area contributed by atoms with Crippen LogP contribution in [0.4, 0.5) is 5.69 Å². The van der Waals surface area contributed by atoms with Crippen LogP contribution >= 0.6 is 0 Å². The summed E-state index contributed by atoms with van der Waals surface area (Å²) >= 11 is 0. The van der Waals surface area contributed by atoms with Gasteiger partial charge >= 0.3 is 0 Å². The van der Waals surface area contributed by atoms with Crippen molar-refractivity contribution in [3.05, 3.63) is 71.8 Å². The smallest absolute Gasteiger partial charge is 0.263 e. The van der Waals surface area contributed by atoms with Gasteiger partial charge in [-0.1, -0.05) is 43.0 Å². The maximum Gasteiger partial charge on any atom is 0.263 e. The van der Waals surface area contributed by atoms with E-state index in [9.17, 15) is 4.79 Å². The number of nitrogens with one attached hydrogen (secondary N) is 1. The molecule has 0 radical (unpaired) electrons. The molecule has 3 heteroatoms. The molecule has 0 bridgehead atoms. The van der Waals surface area contributed by atoms with Gasteiger partial charge in [0.15, 0.2) is 0 Å². The number of nitrogens with zero attached hydrogens (tertiary/aromatic N) is 1. The zero-order valence-corrected chi connectivity index (χ0v) is 11.4. The highest BCUT2D eigenvalue weighted by Crippen LogP contribution is 2.36. The maximum absolute atomic E-state index is 12.6. The van der Waals surface area contributed by atoms with Crippen LogP contribution in [-0.2, 0) is 6.54 Å². The van der Waals surface area contributed by atoms with Crippen molar-refractivity contribution >= 4 is 17.3 Å². The molecule has 100 valence electrons. The summed E-state index contributed by atoms with van der Waals surface area (Å²) in [6.07, 6.45) is 0. The Morgan fingerprint density at radius 2 is 1.70 bits per heavy atom. The summed E-state index contributed by atoms with van der Waals surface area (Å²) in [6, 6.07) is 15.5. The number of rotatable bonds is 3. The van der Waals surface area contributed by atoms with Crippen LogP contribution in [0.3, 0.4) is 0 Å². The minimum atomic E-state index is -0.00541. The maximum atomic E-state index is 12.6. The third-order valence-corrected chi connectivity index (χ3v) is 3.54. The first-order valence-corrected chi connectivity index (χ1v) is 6.59. The van der Waals surface area contributed by atoms with Crippen LogP contribution in [0, 0.1) is 0 Å². The number of fused-ring (bicyclic) bond motifs is 1. The SMILES string of the molecule is C=C1c2ccccc2C(=O)N1c1ccccc1CNC. The number of amides is 1. The number of anilines is 1. The summed E-state index contributed by atoms with van der Waals surface area (Å²) in [5.41, 5.74) is 4.35. The lowest BCUT2D eigenvalue weighted by Gasteiger charge is -2.21. The molecule has 0 atom stereocenters. The van der Waals surface area contributed by atoms with E-state index in [1.165, 1.54) is 0 Å². The molecule has 3 nitrogen and oxygen atoms in total. The minimum Gasteiger partial charge on any atom is -0.316 e. The topological polar surface area (TPSA) is 32.3 Å². The van der Waals surface area contributed by atoms with Gasteiger partial charge in [-0.25, -0.2) is 0 Å². The molecule has 0 spiro atoms. The molecular weight excluding hydrogens is 248 g/mol. The zero-order valence-electron chi connectivity index (χ0n) is 11.4. The monoisotopic (exact) mass is 264 g/mol. The first-order valence-electron chi connectivity index (χ1n) is 6.59. The van der Waals surface area contributed by atoms with E-state index >= 15 is 0 Å². The van der Waals surface area contributed by atoms with E-state index < -0.39 is 0 Å². The molecule has 0 aromatic heterocycles. The van der Waals surface area contributed by atoms with Crippen molar-refractivity contribution in [1.82, 2.24) is 5.32 Å². The largest absolute Gasteiger partial charge is 0.316 e. The fraction of sp³-hybridized carbons (Fsp3) is 0.118. The van der Waals surface area contributed by atoms with Gasteiger partial charge in [0.05, 0.1) is 11.4 Å². The number of benzene rings is 2. The van der Waals surface area contributed by atoms with E-state index in [1.54, 1.807) is 4.90 Å². The number of carbonyl (C=O) groups is 1. The normalized spacial score (nSPS) is 13.8. The summed E-state index contributed by atoms with van der Waals surface area (Å²) in [5.74, 6) is -0.00541. The van der Waals surface area contributed by atoms with Crippen molar-refractivity contribution < 1.29 is 4.79 Å². The number of hydrogen-bond donors (Lipinski definition) is 1. The van der Waals surface area contributed by atoms with Crippen LogP contribution in [-0.4, -0.2) is 13.0 Å². The lowest BCUT2D eigenvalue weighted by atomic mass is 10.1. The minimum absolute atomic E-state index is 0.00541. The highest BCUT2D eigenvalue weighted by atomic mass is 16.2. The van der Waals surface area contributed by atoms with Crippen LogP contribution in [0.1, 0.15) is 21.5 Å². The fourth-order valence-corrected chi connectivity index (χ4v) is 2.61. The molecule has 1 heterocycles. The van der Waals surface area contributed by atoms with Crippen molar-refractivity contribution in [3.8, 4) is 0 Å². The molecule has 1 aliphatic rings. The second kappa shape index (κ2) is 4.94. The van der Waals surface area contributed by atoms with Gasteiger partial charge in [-0.2, -0.15) is 0 Å². The first kappa shape index (κ1) is 12.6. The van der Waals surface area contributed by atoms with E-state index in [-0.39, 0.29) is 5.91 Å². The second-order valence-corrected chi connectivity index (χ2v) is 4.79. The first-order chi connectivity index (χ1) is 9.74. The molecule has 20 heavy (non-hydrogen) atoms. The van der Waals surface area contributed by atoms with Crippen LogP contribution in [0.25, 0.3) is 5.70 Å². The molecule has 1 aliphatic heterocycles. The van der Waals surface area contributed by atoms with Crippen molar-refractivity contribution in [3.63, 3.8) is 0 Å². The Balaban J connectivity index is 2.10. The predicted octanol–water partition coefficient (Wildman–Crippen LogP) is 3.04. The van der Waals surface area contributed by atoms with Gasteiger partial charge in [-0.15, -0.1) is 0 Å².